The zero-order chi connectivity index (χ0) is 11.3. The third-order valence-electron chi connectivity index (χ3n) is 3.43. The summed E-state index contributed by atoms with van der Waals surface area (Å²) in [6.07, 6.45) is 5.53. The van der Waals surface area contributed by atoms with Crippen molar-refractivity contribution in [2.24, 2.45) is 17.8 Å². The van der Waals surface area contributed by atoms with Crippen molar-refractivity contribution in [2.45, 2.75) is 52.6 Å². The van der Waals surface area contributed by atoms with Crippen LogP contribution in [0.1, 0.15) is 46.5 Å². The molecule has 0 saturated heterocycles. The quantitative estimate of drug-likeness (QED) is 0.762. The molecular weight excluding hydrogens is 188 g/mol. The summed E-state index contributed by atoms with van der Waals surface area (Å²) >= 11 is 0. The van der Waals surface area contributed by atoms with E-state index in [4.69, 9.17) is 9.84 Å². The fourth-order valence-electron chi connectivity index (χ4n) is 2.81. The molecule has 0 aromatic rings. The fourth-order valence-corrected chi connectivity index (χ4v) is 2.81. The van der Waals surface area contributed by atoms with Crippen LogP contribution in [-0.4, -0.2) is 24.4 Å². The molecular formula is C13H26O2. The van der Waals surface area contributed by atoms with Gasteiger partial charge in [-0.1, -0.05) is 20.8 Å². The topological polar surface area (TPSA) is 29.5 Å². The Morgan fingerprint density at radius 1 is 1.33 bits per heavy atom. The Morgan fingerprint density at radius 3 is 2.60 bits per heavy atom. The Bertz CT molecular complexity index is 168. The van der Waals surface area contributed by atoms with Gasteiger partial charge < -0.3 is 9.84 Å². The Balaban J connectivity index is 2.27. The Morgan fingerprint density at radius 2 is 2.07 bits per heavy atom. The van der Waals surface area contributed by atoms with Crippen LogP contribution in [0.4, 0.5) is 0 Å². The molecule has 1 aliphatic carbocycles. The molecule has 0 unspecified atom stereocenters. The fraction of sp³-hybridized carbons (Fsp3) is 1.00. The van der Waals surface area contributed by atoms with E-state index in [1.54, 1.807) is 0 Å². The number of rotatable bonds is 5. The molecule has 3 atom stereocenters. The van der Waals surface area contributed by atoms with Gasteiger partial charge in [-0.15, -0.1) is 0 Å². The van der Waals surface area contributed by atoms with Gasteiger partial charge in [0, 0.05) is 0 Å². The van der Waals surface area contributed by atoms with Crippen LogP contribution in [0.5, 0.6) is 0 Å². The van der Waals surface area contributed by atoms with E-state index in [-0.39, 0.29) is 6.61 Å². The molecule has 2 nitrogen and oxygen atoms in total. The SMILES string of the molecule is CC(C)C[C@@H]1CC[C@@H](OCCO)[C@H](C)C1. The van der Waals surface area contributed by atoms with Crippen LogP contribution in [0.2, 0.25) is 0 Å². The van der Waals surface area contributed by atoms with Gasteiger partial charge in [0.15, 0.2) is 0 Å². The molecule has 1 rings (SSSR count). The van der Waals surface area contributed by atoms with Crippen LogP contribution in [0.15, 0.2) is 0 Å². The zero-order valence-electron chi connectivity index (χ0n) is 10.4. The number of hydrogen-bond acceptors (Lipinski definition) is 2. The summed E-state index contributed by atoms with van der Waals surface area (Å²) < 4.78 is 5.65. The minimum atomic E-state index is 0.151. The monoisotopic (exact) mass is 214 g/mol. The van der Waals surface area contributed by atoms with E-state index in [0.717, 1.165) is 11.8 Å². The maximum Gasteiger partial charge on any atom is 0.0701 e. The van der Waals surface area contributed by atoms with E-state index in [0.29, 0.717) is 18.6 Å². The number of aliphatic hydroxyl groups is 1. The second-order valence-corrected chi connectivity index (χ2v) is 5.42. The van der Waals surface area contributed by atoms with Crippen molar-refractivity contribution < 1.29 is 9.84 Å². The molecule has 0 heterocycles. The smallest absolute Gasteiger partial charge is 0.0701 e. The lowest BCUT2D eigenvalue weighted by Gasteiger charge is -2.34. The molecule has 0 aromatic carbocycles. The predicted octanol–water partition coefficient (Wildman–Crippen LogP) is 2.85. The van der Waals surface area contributed by atoms with E-state index < -0.39 is 0 Å². The van der Waals surface area contributed by atoms with Gasteiger partial charge in [-0.3, -0.25) is 0 Å². The van der Waals surface area contributed by atoms with Crippen LogP contribution in [0.25, 0.3) is 0 Å². The first-order valence-corrected chi connectivity index (χ1v) is 6.36. The standard InChI is InChI=1S/C13H26O2/c1-10(2)8-12-4-5-13(11(3)9-12)15-7-6-14/h10-14H,4-9H2,1-3H3/t11-,12+,13-/m1/s1. The Kier molecular flexibility index (Phi) is 5.62. The van der Waals surface area contributed by atoms with Crippen molar-refractivity contribution in [2.75, 3.05) is 13.2 Å². The highest BCUT2D eigenvalue weighted by Crippen LogP contribution is 2.34. The van der Waals surface area contributed by atoms with Crippen molar-refractivity contribution in [1.82, 2.24) is 0 Å². The lowest BCUT2D eigenvalue weighted by molar-refractivity contribution is -0.0317. The van der Waals surface area contributed by atoms with Crippen LogP contribution >= 0.6 is 0 Å². The zero-order valence-corrected chi connectivity index (χ0v) is 10.4. The van der Waals surface area contributed by atoms with Gasteiger partial charge in [0.25, 0.3) is 0 Å². The average Bonchev–Trinajstić information content (AvgIpc) is 2.15. The molecule has 0 amide bonds. The maximum absolute atomic E-state index is 8.73. The van der Waals surface area contributed by atoms with E-state index in [1.165, 1.54) is 25.7 Å². The normalized spacial score (nSPS) is 32.2. The average molecular weight is 214 g/mol. The molecule has 0 aliphatic heterocycles. The molecule has 15 heavy (non-hydrogen) atoms. The molecule has 1 saturated carbocycles. The van der Waals surface area contributed by atoms with E-state index >= 15 is 0 Å². The minimum Gasteiger partial charge on any atom is -0.394 e. The molecule has 0 radical (unpaired) electrons. The van der Waals surface area contributed by atoms with Gasteiger partial charge in [-0.05, 0) is 43.4 Å². The molecule has 1 fully saturated rings. The largest absolute Gasteiger partial charge is 0.394 e. The summed E-state index contributed by atoms with van der Waals surface area (Å²) in [4.78, 5) is 0. The lowest BCUT2D eigenvalue weighted by atomic mass is 9.77. The molecule has 0 spiro atoms. The molecule has 0 bridgehead atoms. The highest BCUT2D eigenvalue weighted by molar-refractivity contribution is 4.78. The number of ether oxygens (including phenoxy) is 1. The first kappa shape index (κ1) is 13.0. The molecule has 0 aromatic heterocycles. The van der Waals surface area contributed by atoms with E-state index in [9.17, 15) is 0 Å². The highest BCUT2D eigenvalue weighted by atomic mass is 16.5. The Labute approximate surface area is 94.0 Å². The second-order valence-electron chi connectivity index (χ2n) is 5.42. The van der Waals surface area contributed by atoms with Crippen molar-refractivity contribution in [3.63, 3.8) is 0 Å². The second kappa shape index (κ2) is 6.49. The summed E-state index contributed by atoms with van der Waals surface area (Å²) in [5.74, 6) is 2.38. The van der Waals surface area contributed by atoms with Gasteiger partial charge in [-0.2, -0.15) is 0 Å². The van der Waals surface area contributed by atoms with E-state index in [1.807, 2.05) is 0 Å². The van der Waals surface area contributed by atoms with Crippen LogP contribution in [-0.2, 0) is 4.74 Å². The third kappa shape index (κ3) is 4.52. The maximum atomic E-state index is 8.73. The van der Waals surface area contributed by atoms with Gasteiger partial charge in [0.05, 0.1) is 19.3 Å². The molecule has 1 N–H and O–H groups in total. The minimum absolute atomic E-state index is 0.151. The van der Waals surface area contributed by atoms with Crippen molar-refractivity contribution in [1.29, 1.82) is 0 Å². The van der Waals surface area contributed by atoms with Gasteiger partial charge in [0.2, 0.25) is 0 Å². The highest BCUT2D eigenvalue weighted by Gasteiger charge is 2.28. The van der Waals surface area contributed by atoms with Crippen LogP contribution in [0.3, 0.4) is 0 Å². The summed E-state index contributed by atoms with van der Waals surface area (Å²) in [5.41, 5.74) is 0. The van der Waals surface area contributed by atoms with Crippen molar-refractivity contribution >= 4 is 0 Å². The van der Waals surface area contributed by atoms with Gasteiger partial charge >= 0.3 is 0 Å². The predicted molar refractivity (Wildman–Crippen MR) is 62.8 cm³/mol. The van der Waals surface area contributed by atoms with Gasteiger partial charge in [0.1, 0.15) is 0 Å². The van der Waals surface area contributed by atoms with Crippen molar-refractivity contribution in [3.05, 3.63) is 0 Å². The van der Waals surface area contributed by atoms with Crippen LogP contribution < -0.4 is 0 Å². The van der Waals surface area contributed by atoms with Crippen molar-refractivity contribution in [3.8, 4) is 0 Å². The summed E-state index contributed by atoms with van der Waals surface area (Å²) in [6.45, 7) is 7.55. The third-order valence-corrected chi connectivity index (χ3v) is 3.43. The van der Waals surface area contributed by atoms with Gasteiger partial charge in [-0.25, -0.2) is 0 Å². The first-order valence-electron chi connectivity index (χ1n) is 6.36. The summed E-state index contributed by atoms with van der Waals surface area (Å²) in [5, 5.41) is 8.73. The Hall–Kier alpha value is -0.0800. The summed E-state index contributed by atoms with van der Waals surface area (Å²) in [7, 11) is 0. The van der Waals surface area contributed by atoms with Crippen LogP contribution in [0, 0.1) is 17.8 Å². The first-order chi connectivity index (χ1) is 7.13. The lowest BCUT2D eigenvalue weighted by Crippen LogP contribution is -2.31. The summed E-state index contributed by atoms with van der Waals surface area (Å²) in [6, 6.07) is 0. The molecule has 1 aliphatic rings. The number of hydrogen-bond donors (Lipinski definition) is 1. The number of aliphatic hydroxyl groups excluding tert-OH is 1. The van der Waals surface area contributed by atoms with E-state index in [2.05, 4.69) is 20.8 Å². The molecule has 2 heteroatoms. The molecule has 90 valence electrons.